The van der Waals surface area contributed by atoms with Crippen LogP contribution in [0.1, 0.15) is 21.8 Å². The minimum atomic E-state index is -0.619. The van der Waals surface area contributed by atoms with Gasteiger partial charge in [-0.25, -0.2) is 9.37 Å². The van der Waals surface area contributed by atoms with Crippen molar-refractivity contribution >= 4 is 22.6 Å². The third kappa shape index (κ3) is 3.55. The molecule has 2 heterocycles. The maximum absolute atomic E-state index is 13.3. The zero-order valence-corrected chi connectivity index (χ0v) is 15.1. The van der Waals surface area contributed by atoms with Gasteiger partial charge in [0.15, 0.2) is 5.82 Å². The third-order valence-corrected chi connectivity index (χ3v) is 4.38. The van der Waals surface area contributed by atoms with Gasteiger partial charge in [-0.05, 0) is 47.9 Å². The molecule has 0 saturated heterocycles. The maximum Gasteiger partial charge on any atom is 0.267 e. The van der Waals surface area contributed by atoms with Crippen LogP contribution in [0.15, 0.2) is 59.1 Å². The summed E-state index contributed by atoms with van der Waals surface area (Å²) in [6.07, 6.45) is 0. The molecule has 140 valence electrons. The largest absolute Gasteiger partial charge is 0.364 e. The Morgan fingerprint density at radius 2 is 1.93 bits per heavy atom. The lowest BCUT2D eigenvalue weighted by atomic mass is 9.98. The average molecular weight is 376 g/mol. The molecule has 4 rings (SSSR count). The van der Waals surface area contributed by atoms with Gasteiger partial charge in [0.05, 0.1) is 5.52 Å². The van der Waals surface area contributed by atoms with Gasteiger partial charge in [0, 0.05) is 18.0 Å². The monoisotopic (exact) mass is 376 g/mol. The summed E-state index contributed by atoms with van der Waals surface area (Å²) in [5.74, 6) is 0.418. The number of halogens is 1. The molecule has 2 aromatic heterocycles. The molecule has 0 fully saturated rings. The predicted octanol–water partition coefficient (Wildman–Crippen LogP) is 4.05. The summed E-state index contributed by atoms with van der Waals surface area (Å²) in [6.45, 7) is 2.33. The van der Waals surface area contributed by atoms with Gasteiger partial charge in [0.2, 0.25) is 0 Å². The lowest BCUT2D eigenvalue weighted by Crippen LogP contribution is -2.13. The number of hydrogen-bond acceptors (Lipinski definition) is 5. The van der Waals surface area contributed by atoms with Gasteiger partial charge in [-0.3, -0.25) is 4.79 Å². The first-order chi connectivity index (χ1) is 13.5. The Morgan fingerprint density at radius 1 is 1.14 bits per heavy atom. The molecule has 6 nitrogen and oxygen atoms in total. The number of pyridine rings is 1. The van der Waals surface area contributed by atoms with Crippen LogP contribution < -0.4 is 11.1 Å². The van der Waals surface area contributed by atoms with E-state index in [9.17, 15) is 9.18 Å². The van der Waals surface area contributed by atoms with E-state index in [4.69, 9.17) is 10.3 Å². The molecule has 0 radical (unpaired) electrons. The van der Waals surface area contributed by atoms with Crippen molar-refractivity contribution in [1.29, 1.82) is 0 Å². The topological polar surface area (TPSA) is 94.0 Å². The number of aryl methyl sites for hydroxylation is 1. The Hall–Kier alpha value is -3.74. The number of carbonyl (C=O) groups excluding carboxylic acids is 1. The summed E-state index contributed by atoms with van der Waals surface area (Å²) in [5, 5.41) is 7.91. The number of nitrogens with one attached hydrogen (secondary N) is 1. The van der Waals surface area contributed by atoms with Gasteiger partial charge in [-0.1, -0.05) is 29.4 Å². The zero-order valence-electron chi connectivity index (χ0n) is 15.1. The molecule has 0 aliphatic carbocycles. The van der Waals surface area contributed by atoms with Crippen LogP contribution in [-0.2, 0) is 6.54 Å². The summed E-state index contributed by atoms with van der Waals surface area (Å²) in [5.41, 5.74) is 8.74. The molecule has 0 aliphatic rings. The smallest absolute Gasteiger partial charge is 0.267 e. The van der Waals surface area contributed by atoms with Gasteiger partial charge < -0.3 is 15.6 Å². The van der Waals surface area contributed by atoms with Crippen LogP contribution in [0.25, 0.3) is 22.0 Å². The number of primary amides is 1. The van der Waals surface area contributed by atoms with E-state index in [0.29, 0.717) is 17.9 Å². The van der Waals surface area contributed by atoms with Crippen molar-refractivity contribution in [2.45, 2.75) is 13.5 Å². The maximum atomic E-state index is 13.3. The van der Waals surface area contributed by atoms with Crippen LogP contribution in [0.4, 0.5) is 10.2 Å². The molecule has 1 amide bonds. The van der Waals surface area contributed by atoms with Gasteiger partial charge >= 0.3 is 0 Å². The van der Waals surface area contributed by atoms with Crippen LogP contribution in [0.3, 0.4) is 0 Å². The molecule has 0 bridgehead atoms. The normalized spacial score (nSPS) is 10.9. The molecule has 0 spiro atoms. The highest BCUT2D eigenvalue weighted by Crippen LogP contribution is 2.29. The number of anilines is 1. The molecule has 0 atom stereocenters. The van der Waals surface area contributed by atoms with Crippen LogP contribution in [0.2, 0.25) is 0 Å². The quantitative estimate of drug-likeness (QED) is 0.548. The Bertz CT molecular complexity index is 1170. The SMILES string of the molecule is Cc1cc(NCc2ccc3c(-c4ccc(F)cc4)cc(C(N)=O)nc3c2)no1. The molecule has 0 aliphatic heterocycles. The van der Waals surface area contributed by atoms with Crippen LogP contribution in [-0.4, -0.2) is 16.0 Å². The number of nitrogens with two attached hydrogens (primary N) is 1. The van der Waals surface area contributed by atoms with E-state index in [1.807, 2.05) is 25.1 Å². The Labute approximate surface area is 160 Å². The van der Waals surface area contributed by atoms with Crippen LogP contribution >= 0.6 is 0 Å². The first-order valence-corrected chi connectivity index (χ1v) is 8.66. The Morgan fingerprint density at radius 3 is 2.61 bits per heavy atom. The minimum absolute atomic E-state index is 0.157. The van der Waals surface area contributed by atoms with Crippen molar-refractivity contribution in [3.8, 4) is 11.1 Å². The predicted molar refractivity (Wildman–Crippen MR) is 104 cm³/mol. The van der Waals surface area contributed by atoms with E-state index >= 15 is 0 Å². The highest BCUT2D eigenvalue weighted by atomic mass is 19.1. The molecule has 0 unspecified atom stereocenters. The fourth-order valence-corrected chi connectivity index (χ4v) is 3.02. The third-order valence-electron chi connectivity index (χ3n) is 4.38. The molecule has 7 heteroatoms. The van der Waals surface area contributed by atoms with Crippen LogP contribution in [0, 0.1) is 12.7 Å². The first-order valence-electron chi connectivity index (χ1n) is 8.66. The summed E-state index contributed by atoms with van der Waals surface area (Å²) < 4.78 is 18.3. The molecule has 4 aromatic rings. The highest BCUT2D eigenvalue weighted by Gasteiger charge is 2.12. The number of rotatable bonds is 5. The van der Waals surface area contributed by atoms with Gasteiger partial charge in [-0.2, -0.15) is 0 Å². The van der Waals surface area contributed by atoms with Crippen molar-refractivity contribution in [3.05, 3.63) is 77.4 Å². The lowest BCUT2D eigenvalue weighted by Gasteiger charge is -2.11. The van der Waals surface area contributed by atoms with E-state index in [0.717, 1.165) is 27.8 Å². The summed E-state index contributed by atoms with van der Waals surface area (Å²) >= 11 is 0. The van der Waals surface area contributed by atoms with E-state index in [1.54, 1.807) is 24.3 Å². The van der Waals surface area contributed by atoms with Gasteiger partial charge in [0.25, 0.3) is 5.91 Å². The highest BCUT2D eigenvalue weighted by molar-refractivity contribution is 6.00. The second-order valence-electron chi connectivity index (χ2n) is 6.45. The first kappa shape index (κ1) is 17.7. The van der Waals surface area contributed by atoms with Crippen molar-refractivity contribution < 1.29 is 13.7 Å². The van der Waals surface area contributed by atoms with Crippen molar-refractivity contribution in [1.82, 2.24) is 10.1 Å². The summed E-state index contributed by atoms with van der Waals surface area (Å²) in [4.78, 5) is 16.1. The second kappa shape index (κ2) is 7.11. The fraction of sp³-hybridized carbons (Fsp3) is 0.0952. The number of amides is 1. The fourth-order valence-electron chi connectivity index (χ4n) is 3.02. The number of fused-ring (bicyclic) bond motifs is 1. The lowest BCUT2D eigenvalue weighted by molar-refractivity contribution is 0.0996. The minimum Gasteiger partial charge on any atom is -0.364 e. The van der Waals surface area contributed by atoms with E-state index in [2.05, 4.69) is 15.5 Å². The number of carbonyl (C=O) groups is 1. The number of hydrogen-bond donors (Lipinski definition) is 2. The van der Waals surface area contributed by atoms with Crippen molar-refractivity contribution in [2.24, 2.45) is 5.73 Å². The average Bonchev–Trinajstić information content (AvgIpc) is 3.11. The molecule has 28 heavy (non-hydrogen) atoms. The molecular weight excluding hydrogens is 359 g/mol. The number of aromatic nitrogens is 2. The second-order valence-corrected chi connectivity index (χ2v) is 6.45. The van der Waals surface area contributed by atoms with Gasteiger partial charge in [0.1, 0.15) is 17.3 Å². The summed E-state index contributed by atoms with van der Waals surface area (Å²) in [6, 6.07) is 15.3. The Balaban J connectivity index is 1.75. The van der Waals surface area contributed by atoms with Crippen molar-refractivity contribution in [3.63, 3.8) is 0 Å². The van der Waals surface area contributed by atoms with E-state index in [1.165, 1.54) is 12.1 Å². The number of nitrogens with zero attached hydrogens (tertiary/aromatic N) is 2. The Kier molecular flexibility index (Phi) is 4.49. The summed E-state index contributed by atoms with van der Waals surface area (Å²) in [7, 11) is 0. The van der Waals surface area contributed by atoms with E-state index in [-0.39, 0.29) is 11.5 Å². The molecule has 3 N–H and O–H groups in total. The number of benzene rings is 2. The standard InChI is InChI=1S/C21H17FN4O2/c1-12-8-20(26-28-12)24-11-13-2-7-16-17(14-3-5-15(22)6-4-14)10-19(21(23)27)25-18(16)9-13/h2-10H,11H2,1H3,(H2,23,27)(H,24,26). The molecule has 0 saturated carbocycles. The van der Waals surface area contributed by atoms with Crippen LogP contribution in [0.5, 0.6) is 0 Å². The zero-order chi connectivity index (χ0) is 19.7. The van der Waals surface area contributed by atoms with Gasteiger partial charge in [-0.15, -0.1) is 0 Å². The van der Waals surface area contributed by atoms with E-state index < -0.39 is 5.91 Å². The van der Waals surface area contributed by atoms with Crippen molar-refractivity contribution in [2.75, 3.05) is 5.32 Å². The molecular formula is C21H17FN4O2. The molecule has 2 aromatic carbocycles.